The predicted molar refractivity (Wildman–Crippen MR) is 176 cm³/mol. The number of alkyl halides is 2. The smallest absolute Gasteiger partial charge is 0.318 e. The predicted octanol–water partition coefficient (Wildman–Crippen LogP) is 5.40. The maximum Gasteiger partial charge on any atom is 0.318 e. The Kier molecular flexibility index (Phi) is 9.39. The molecule has 7 rings (SSSR count). The molecule has 3 aliphatic rings. The van der Waals surface area contributed by atoms with Crippen LogP contribution in [0.1, 0.15) is 31.7 Å². The standard InChI is InChI=1S/C26H22F3N7O2S.C7H12FN/c1-4-18(37)35-10-16(28)17(11-35)36(5-2)25-14-9-32-21(20(29)22(14)33-26(34-25)38-3)12-6-7-15(27)23-19(12)13(8-30)24(31)39-23;8-6-4-7-2-1-3-9(7)5-6/h4,6-7,9,16-17H,1,5,10-11,31H2,2-3H3;6-7H,1-5H2. The number of anilines is 2. The molecule has 3 aliphatic heterocycles. The van der Waals surface area contributed by atoms with Crippen molar-refractivity contribution in [1.82, 2.24) is 24.8 Å². The van der Waals surface area contributed by atoms with Gasteiger partial charge in [-0.15, -0.1) is 11.3 Å². The second-order valence-electron chi connectivity index (χ2n) is 11.9. The highest BCUT2D eigenvalue weighted by atomic mass is 32.1. The average Bonchev–Trinajstić information content (AvgIpc) is 3.85. The summed E-state index contributed by atoms with van der Waals surface area (Å²) in [6.45, 7) is 7.33. The van der Waals surface area contributed by atoms with Gasteiger partial charge >= 0.3 is 6.01 Å². The number of thiophene rings is 1. The van der Waals surface area contributed by atoms with Crippen molar-refractivity contribution in [3.05, 3.63) is 48.2 Å². The van der Waals surface area contributed by atoms with Crippen molar-refractivity contribution in [2.75, 3.05) is 50.5 Å². The van der Waals surface area contributed by atoms with Crippen molar-refractivity contribution < 1.29 is 27.1 Å². The lowest BCUT2D eigenvalue weighted by Gasteiger charge is -2.30. The van der Waals surface area contributed by atoms with Crippen LogP contribution in [0.15, 0.2) is 31.0 Å². The number of nitrogens with two attached hydrogens (primary N) is 1. The molecule has 3 aromatic heterocycles. The van der Waals surface area contributed by atoms with Crippen LogP contribution >= 0.6 is 11.3 Å². The normalized spacial score (nSPS) is 22.0. The molecule has 0 radical (unpaired) electrons. The number of pyridine rings is 1. The van der Waals surface area contributed by atoms with E-state index < -0.39 is 35.9 Å². The van der Waals surface area contributed by atoms with Crippen molar-refractivity contribution >= 4 is 49.1 Å². The minimum Gasteiger partial charge on any atom is -0.467 e. The van der Waals surface area contributed by atoms with Gasteiger partial charge in [0, 0.05) is 42.8 Å². The fraction of sp³-hybridized carbons (Fsp3) is 0.424. The molecule has 0 aliphatic carbocycles. The molecule has 48 heavy (non-hydrogen) atoms. The third kappa shape index (κ3) is 5.87. The van der Waals surface area contributed by atoms with E-state index >= 15 is 8.78 Å². The molecule has 0 bridgehead atoms. The van der Waals surface area contributed by atoms with E-state index in [2.05, 4.69) is 26.4 Å². The van der Waals surface area contributed by atoms with Gasteiger partial charge in [-0.05, 0) is 50.9 Å². The third-order valence-corrected chi connectivity index (χ3v) is 10.2. The van der Waals surface area contributed by atoms with E-state index in [1.165, 1.54) is 37.1 Å². The summed E-state index contributed by atoms with van der Waals surface area (Å²) >= 11 is 0.890. The summed E-state index contributed by atoms with van der Waals surface area (Å²) in [5.41, 5.74) is 5.79. The molecule has 6 heterocycles. The number of methoxy groups -OCH3 is 1. The molecule has 4 atom stereocenters. The van der Waals surface area contributed by atoms with E-state index in [0.717, 1.165) is 36.4 Å². The number of nitrogen functional groups attached to an aromatic ring is 1. The lowest BCUT2D eigenvalue weighted by atomic mass is 10.0. The van der Waals surface area contributed by atoms with Gasteiger partial charge in [-0.2, -0.15) is 15.2 Å². The van der Waals surface area contributed by atoms with Gasteiger partial charge in [-0.25, -0.2) is 17.6 Å². The quantitative estimate of drug-likeness (QED) is 0.210. The van der Waals surface area contributed by atoms with Gasteiger partial charge < -0.3 is 20.3 Å². The summed E-state index contributed by atoms with van der Waals surface area (Å²) in [6.07, 6.45) is 3.88. The molecule has 2 N–H and O–H groups in total. The molecule has 10 nitrogen and oxygen atoms in total. The minimum atomic E-state index is -1.40. The zero-order valence-corrected chi connectivity index (χ0v) is 27.2. The summed E-state index contributed by atoms with van der Waals surface area (Å²) < 4.78 is 63.8. The Hall–Kier alpha value is -4.55. The van der Waals surface area contributed by atoms with E-state index in [9.17, 15) is 18.8 Å². The van der Waals surface area contributed by atoms with E-state index in [1.54, 1.807) is 11.8 Å². The van der Waals surface area contributed by atoms with Crippen LogP contribution in [0.5, 0.6) is 6.01 Å². The molecule has 15 heteroatoms. The van der Waals surface area contributed by atoms with Crippen LogP contribution in [0.2, 0.25) is 0 Å². The van der Waals surface area contributed by atoms with Crippen molar-refractivity contribution in [1.29, 1.82) is 5.26 Å². The van der Waals surface area contributed by atoms with Gasteiger partial charge in [-0.1, -0.05) is 6.58 Å². The molecule has 1 amide bonds. The molecule has 0 saturated carbocycles. The molecule has 4 unspecified atom stereocenters. The number of hydrogen-bond acceptors (Lipinski definition) is 10. The van der Waals surface area contributed by atoms with Gasteiger partial charge in [0.2, 0.25) is 5.91 Å². The van der Waals surface area contributed by atoms with E-state index in [0.29, 0.717) is 12.6 Å². The zero-order valence-electron chi connectivity index (χ0n) is 26.4. The second-order valence-corrected chi connectivity index (χ2v) is 13.0. The van der Waals surface area contributed by atoms with Crippen LogP contribution in [-0.4, -0.2) is 94.9 Å². The first kappa shape index (κ1) is 33.4. The van der Waals surface area contributed by atoms with Crippen molar-refractivity contribution in [2.45, 2.75) is 50.6 Å². The van der Waals surface area contributed by atoms with Crippen LogP contribution in [-0.2, 0) is 4.79 Å². The maximum atomic E-state index is 16.2. The maximum absolute atomic E-state index is 16.2. The van der Waals surface area contributed by atoms with Crippen LogP contribution in [0.25, 0.3) is 32.2 Å². The summed E-state index contributed by atoms with van der Waals surface area (Å²) in [5.74, 6) is -1.67. The number of fused-ring (bicyclic) bond motifs is 3. The van der Waals surface area contributed by atoms with Gasteiger partial charge in [0.1, 0.15) is 46.3 Å². The van der Waals surface area contributed by atoms with Crippen molar-refractivity contribution in [2.24, 2.45) is 0 Å². The first-order chi connectivity index (χ1) is 23.1. The molecule has 4 aromatic rings. The van der Waals surface area contributed by atoms with E-state index in [4.69, 9.17) is 10.5 Å². The average molecular weight is 683 g/mol. The summed E-state index contributed by atoms with van der Waals surface area (Å²) in [7, 11) is 1.32. The monoisotopic (exact) mass is 682 g/mol. The van der Waals surface area contributed by atoms with Gasteiger partial charge in [0.05, 0.1) is 35.3 Å². The Bertz CT molecular complexity index is 1920. The van der Waals surface area contributed by atoms with Crippen LogP contribution in [0.3, 0.4) is 0 Å². The number of nitrogens with zero attached hydrogens (tertiary/aromatic N) is 7. The number of likely N-dealkylation sites (tertiary alicyclic amines) is 1. The van der Waals surface area contributed by atoms with Crippen LogP contribution in [0.4, 0.5) is 28.4 Å². The molecule has 3 saturated heterocycles. The van der Waals surface area contributed by atoms with E-state index in [1.807, 2.05) is 6.07 Å². The SMILES string of the molecule is C=CC(=O)N1CC(F)C(N(CC)c2nc(OC)nc3c(F)c(-c4ccc(F)c5sc(N)c(C#N)c45)ncc23)C1.FC1CC2CCCN2C1. The molecular weight excluding hydrogens is 648 g/mol. The summed E-state index contributed by atoms with van der Waals surface area (Å²) in [4.78, 5) is 30.3. The Balaban J connectivity index is 0.000000381. The number of ether oxygens (including phenoxy) is 1. The number of hydrogen-bond donors (Lipinski definition) is 1. The number of likely N-dealkylation sites (N-methyl/N-ethyl adjacent to an activating group) is 1. The Morgan fingerprint density at radius 1 is 1.27 bits per heavy atom. The highest BCUT2D eigenvalue weighted by Gasteiger charge is 2.40. The largest absolute Gasteiger partial charge is 0.467 e. The number of halogens is 4. The van der Waals surface area contributed by atoms with Crippen LogP contribution < -0.4 is 15.4 Å². The van der Waals surface area contributed by atoms with Crippen molar-refractivity contribution in [3.63, 3.8) is 0 Å². The topological polar surface area (TPSA) is 124 Å². The highest BCUT2D eigenvalue weighted by molar-refractivity contribution is 7.23. The first-order valence-electron chi connectivity index (χ1n) is 15.6. The van der Waals surface area contributed by atoms with Gasteiger partial charge in [-0.3, -0.25) is 14.7 Å². The number of carbonyl (C=O) groups excluding carboxylic acids is 1. The molecule has 252 valence electrons. The molecule has 1 aromatic carbocycles. The van der Waals surface area contributed by atoms with Crippen LogP contribution in [0, 0.1) is 23.0 Å². The Morgan fingerprint density at radius 2 is 2.06 bits per heavy atom. The van der Waals surface area contributed by atoms with Gasteiger partial charge in [0.25, 0.3) is 0 Å². The summed E-state index contributed by atoms with van der Waals surface area (Å²) in [6, 6.07) is 4.12. The Morgan fingerprint density at radius 3 is 2.75 bits per heavy atom. The highest BCUT2D eigenvalue weighted by Crippen LogP contribution is 2.42. The van der Waals surface area contributed by atoms with E-state index in [-0.39, 0.29) is 74.3 Å². The number of carbonyl (C=O) groups is 1. The molecule has 3 fully saturated rings. The minimum absolute atomic E-state index is 0.0257. The number of benzene rings is 1. The number of rotatable bonds is 6. The lowest BCUT2D eigenvalue weighted by molar-refractivity contribution is -0.125. The first-order valence-corrected chi connectivity index (χ1v) is 16.4. The summed E-state index contributed by atoms with van der Waals surface area (Å²) in [5, 5.41) is 10.1. The number of aromatic nitrogens is 3. The fourth-order valence-corrected chi connectivity index (χ4v) is 7.88. The number of nitriles is 1. The fourth-order valence-electron chi connectivity index (χ4n) is 6.94. The zero-order chi connectivity index (χ0) is 34.3. The third-order valence-electron chi connectivity index (χ3n) is 9.19. The molecule has 0 spiro atoms. The number of amides is 1. The van der Waals surface area contributed by atoms with Crippen molar-refractivity contribution in [3.8, 4) is 23.3 Å². The second kappa shape index (κ2) is 13.5. The van der Waals surface area contributed by atoms with Gasteiger partial charge in [0.15, 0.2) is 5.82 Å². The lowest BCUT2D eigenvalue weighted by Crippen LogP contribution is -2.43. The Labute approximate surface area is 278 Å². The molecular formula is C33H34F4N8O2S.